The van der Waals surface area contributed by atoms with Gasteiger partial charge >= 0.3 is 6.18 Å². The van der Waals surface area contributed by atoms with Gasteiger partial charge in [-0.15, -0.1) is 0 Å². The third kappa shape index (κ3) is 3.99. The molecule has 2 nitrogen and oxygen atoms in total. The van der Waals surface area contributed by atoms with Gasteiger partial charge in [0, 0.05) is 5.56 Å². The Bertz CT molecular complexity index is 899. The van der Waals surface area contributed by atoms with E-state index < -0.39 is 11.9 Å². The minimum Gasteiger partial charge on any atom is -0.497 e. The van der Waals surface area contributed by atoms with Crippen LogP contribution in [0.15, 0.2) is 71.7 Å². The molecule has 3 aromatic carbocycles. The molecule has 5 heteroatoms. The Balaban J connectivity index is 1.92. The fraction of sp³-hybridized carbons (Fsp3) is 0.150. The Labute approximate surface area is 143 Å². The van der Waals surface area contributed by atoms with Crippen molar-refractivity contribution in [1.82, 2.24) is 0 Å². The minimum atomic E-state index is -4.52. The normalized spacial score (nSPS) is 12.4. The second-order valence-corrected chi connectivity index (χ2v) is 5.57. The SMILES string of the molecule is COc1ccc(/C(=N/Cc2ccc3ccccc3c2)C(F)(F)F)cc1. The highest BCUT2D eigenvalue weighted by molar-refractivity contribution is 6.04. The van der Waals surface area contributed by atoms with Crippen LogP contribution in [0.1, 0.15) is 11.1 Å². The highest BCUT2D eigenvalue weighted by atomic mass is 19.4. The summed E-state index contributed by atoms with van der Waals surface area (Å²) in [4.78, 5) is 3.85. The van der Waals surface area contributed by atoms with E-state index >= 15 is 0 Å². The number of rotatable bonds is 4. The third-order valence-electron chi connectivity index (χ3n) is 3.87. The fourth-order valence-electron chi connectivity index (χ4n) is 2.60. The lowest BCUT2D eigenvalue weighted by Gasteiger charge is -2.12. The number of hydrogen-bond donors (Lipinski definition) is 0. The summed E-state index contributed by atoms with van der Waals surface area (Å²) in [7, 11) is 1.47. The molecule has 0 heterocycles. The molecular weight excluding hydrogens is 327 g/mol. The molecule has 3 aromatic rings. The maximum atomic E-state index is 13.4. The summed E-state index contributed by atoms with van der Waals surface area (Å²) in [6.45, 7) is -0.0360. The molecule has 0 saturated carbocycles. The number of halogens is 3. The van der Waals surface area contributed by atoms with Crippen LogP contribution in [0.2, 0.25) is 0 Å². The van der Waals surface area contributed by atoms with Gasteiger partial charge in [-0.05, 0) is 46.7 Å². The highest BCUT2D eigenvalue weighted by Gasteiger charge is 2.36. The van der Waals surface area contributed by atoms with Crippen LogP contribution in [0.4, 0.5) is 13.2 Å². The van der Waals surface area contributed by atoms with E-state index in [0.29, 0.717) is 5.75 Å². The molecule has 0 fully saturated rings. The van der Waals surface area contributed by atoms with Crippen molar-refractivity contribution in [3.63, 3.8) is 0 Å². The van der Waals surface area contributed by atoms with Gasteiger partial charge in [-0.1, -0.05) is 36.4 Å². The average Bonchev–Trinajstić information content (AvgIpc) is 2.61. The molecule has 3 rings (SSSR count). The molecule has 0 spiro atoms. The standard InChI is InChI=1S/C20H16F3NO/c1-25-18-10-8-16(9-11-18)19(20(21,22)23)24-13-14-6-7-15-4-2-3-5-17(15)12-14/h2-12H,13H2,1H3/b24-19-. The van der Waals surface area contributed by atoms with Crippen LogP contribution in [0.3, 0.4) is 0 Å². The van der Waals surface area contributed by atoms with Crippen molar-refractivity contribution in [2.24, 2.45) is 4.99 Å². The summed E-state index contributed by atoms with van der Waals surface area (Å²) in [5.41, 5.74) is -0.133. The van der Waals surface area contributed by atoms with Crippen molar-refractivity contribution in [3.05, 3.63) is 77.9 Å². The first-order valence-corrected chi connectivity index (χ1v) is 7.71. The average molecular weight is 343 g/mol. The van der Waals surface area contributed by atoms with Gasteiger partial charge in [-0.3, -0.25) is 4.99 Å². The van der Waals surface area contributed by atoms with Crippen LogP contribution in [0.25, 0.3) is 10.8 Å². The van der Waals surface area contributed by atoms with Crippen molar-refractivity contribution >= 4 is 16.5 Å². The summed E-state index contributed by atoms with van der Waals surface area (Å²) < 4.78 is 45.1. The van der Waals surface area contributed by atoms with Crippen LogP contribution in [0, 0.1) is 0 Å². The van der Waals surface area contributed by atoms with Gasteiger partial charge in [0.25, 0.3) is 0 Å². The number of fused-ring (bicyclic) bond motifs is 1. The van der Waals surface area contributed by atoms with Crippen molar-refractivity contribution in [2.45, 2.75) is 12.7 Å². The maximum Gasteiger partial charge on any atom is 0.433 e. The summed E-state index contributed by atoms with van der Waals surface area (Å²) in [5, 5.41) is 2.02. The van der Waals surface area contributed by atoms with Crippen molar-refractivity contribution in [1.29, 1.82) is 0 Å². The van der Waals surface area contributed by atoms with Crippen LogP contribution in [-0.2, 0) is 6.54 Å². The molecule has 0 aliphatic carbocycles. The number of hydrogen-bond acceptors (Lipinski definition) is 2. The molecule has 0 N–H and O–H groups in total. The fourth-order valence-corrected chi connectivity index (χ4v) is 2.60. The maximum absolute atomic E-state index is 13.4. The molecule has 0 amide bonds. The summed E-state index contributed by atoms with van der Waals surface area (Å²) in [6, 6.07) is 19.0. The van der Waals surface area contributed by atoms with E-state index in [1.54, 1.807) is 6.07 Å². The van der Waals surface area contributed by atoms with Crippen molar-refractivity contribution in [3.8, 4) is 5.75 Å². The first-order valence-electron chi connectivity index (χ1n) is 7.71. The highest BCUT2D eigenvalue weighted by Crippen LogP contribution is 2.25. The third-order valence-corrected chi connectivity index (χ3v) is 3.87. The lowest BCUT2D eigenvalue weighted by atomic mass is 10.1. The molecule has 0 bridgehead atoms. The topological polar surface area (TPSA) is 21.6 Å². The number of methoxy groups -OCH3 is 1. The Morgan fingerprint density at radius 2 is 1.60 bits per heavy atom. The van der Waals surface area contributed by atoms with Gasteiger partial charge in [-0.25, -0.2) is 0 Å². The minimum absolute atomic E-state index is 0.0223. The zero-order valence-electron chi connectivity index (χ0n) is 13.5. The number of benzene rings is 3. The van der Waals surface area contributed by atoms with Gasteiger partial charge in [0.05, 0.1) is 13.7 Å². The largest absolute Gasteiger partial charge is 0.497 e. The Kier molecular flexibility index (Phi) is 4.74. The van der Waals surface area contributed by atoms with Gasteiger partial charge in [0.15, 0.2) is 0 Å². The van der Waals surface area contributed by atoms with Gasteiger partial charge < -0.3 is 4.74 Å². The number of nitrogens with zero attached hydrogens (tertiary/aromatic N) is 1. The second kappa shape index (κ2) is 6.97. The molecular formula is C20H16F3NO. The van der Waals surface area contributed by atoms with E-state index in [1.807, 2.05) is 36.4 Å². The van der Waals surface area contributed by atoms with Crippen LogP contribution < -0.4 is 4.74 Å². The van der Waals surface area contributed by atoms with Gasteiger partial charge in [0.1, 0.15) is 11.5 Å². The van der Waals surface area contributed by atoms with Gasteiger partial charge in [-0.2, -0.15) is 13.2 Å². The van der Waals surface area contributed by atoms with Crippen molar-refractivity contribution < 1.29 is 17.9 Å². The summed E-state index contributed by atoms with van der Waals surface area (Å²) in [5.74, 6) is 0.500. The molecule has 0 aliphatic heterocycles. The van der Waals surface area contributed by atoms with E-state index in [1.165, 1.54) is 31.4 Å². The number of alkyl halides is 3. The molecule has 25 heavy (non-hydrogen) atoms. The second-order valence-electron chi connectivity index (χ2n) is 5.57. The van der Waals surface area contributed by atoms with E-state index in [9.17, 15) is 13.2 Å². The predicted octanol–water partition coefficient (Wildman–Crippen LogP) is 5.40. The van der Waals surface area contributed by atoms with Gasteiger partial charge in [0.2, 0.25) is 0 Å². The monoisotopic (exact) mass is 343 g/mol. The lowest BCUT2D eigenvalue weighted by molar-refractivity contribution is -0.0582. The predicted molar refractivity (Wildman–Crippen MR) is 93.2 cm³/mol. The zero-order chi connectivity index (χ0) is 17.9. The van der Waals surface area contributed by atoms with Crippen LogP contribution in [0.5, 0.6) is 5.75 Å². The lowest BCUT2D eigenvalue weighted by Crippen LogP contribution is -2.24. The number of ether oxygens (including phenoxy) is 1. The van der Waals surface area contributed by atoms with Crippen LogP contribution >= 0.6 is 0 Å². The van der Waals surface area contributed by atoms with Crippen molar-refractivity contribution in [2.75, 3.05) is 7.11 Å². The first-order chi connectivity index (χ1) is 12.0. The molecule has 0 radical (unpaired) electrons. The zero-order valence-corrected chi connectivity index (χ0v) is 13.5. The summed E-state index contributed by atoms with van der Waals surface area (Å²) in [6.07, 6.45) is -4.52. The summed E-state index contributed by atoms with van der Waals surface area (Å²) >= 11 is 0. The van der Waals surface area contributed by atoms with E-state index in [4.69, 9.17) is 4.74 Å². The molecule has 128 valence electrons. The molecule has 0 aliphatic rings. The molecule has 0 aromatic heterocycles. The smallest absolute Gasteiger partial charge is 0.433 e. The quantitative estimate of drug-likeness (QED) is 0.581. The molecule has 0 saturated heterocycles. The molecule has 0 atom stereocenters. The number of aliphatic imine (C=N–C) groups is 1. The Morgan fingerprint density at radius 3 is 2.24 bits per heavy atom. The van der Waals surface area contributed by atoms with Crippen LogP contribution in [-0.4, -0.2) is 19.0 Å². The van der Waals surface area contributed by atoms with E-state index in [2.05, 4.69) is 4.99 Å². The molecule has 0 unspecified atom stereocenters. The Hall–Kier alpha value is -2.82. The van der Waals surface area contributed by atoms with E-state index in [0.717, 1.165) is 16.3 Å². The first kappa shape index (κ1) is 17.0. The van der Waals surface area contributed by atoms with E-state index in [-0.39, 0.29) is 12.1 Å². The Morgan fingerprint density at radius 1 is 0.920 bits per heavy atom.